The molecule has 4 N–H and O–H groups in total. The summed E-state index contributed by atoms with van der Waals surface area (Å²) in [5.74, 6) is -0.172. The zero-order chi connectivity index (χ0) is 11.0. The number of aliphatic hydroxyl groups is 1. The minimum Gasteiger partial charge on any atom is -0.391 e. The number of amides is 1. The number of aliphatic hydroxyl groups excluding tert-OH is 1. The van der Waals surface area contributed by atoms with Crippen LogP contribution in [-0.2, 0) is 4.79 Å². The molecule has 0 aromatic carbocycles. The molecule has 0 fully saturated rings. The van der Waals surface area contributed by atoms with Gasteiger partial charge >= 0.3 is 0 Å². The predicted octanol–water partition coefficient (Wildman–Crippen LogP) is 0.249. The van der Waals surface area contributed by atoms with Gasteiger partial charge in [0.15, 0.2) is 0 Å². The van der Waals surface area contributed by atoms with Gasteiger partial charge in [-0.3, -0.25) is 4.79 Å². The SMILES string of the molecule is CCCC(O)CNC(=O)C(CC)CN. The van der Waals surface area contributed by atoms with Crippen LogP contribution in [0.1, 0.15) is 33.1 Å². The van der Waals surface area contributed by atoms with Gasteiger partial charge in [-0.25, -0.2) is 0 Å². The molecule has 0 bridgehead atoms. The van der Waals surface area contributed by atoms with Crippen LogP contribution in [0, 0.1) is 5.92 Å². The second kappa shape index (κ2) is 7.76. The molecule has 0 saturated heterocycles. The van der Waals surface area contributed by atoms with Crippen LogP contribution in [0.15, 0.2) is 0 Å². The van der Waals surface area contributed by atoms with E-state index in [0.717, 1.165) is 19.3 Å². The van der Waals surface area contributed by atoms with Gasteiger partial charge in [0.2, 0.25) is 5.91 Å². The Kier molecular flexibility index (Phi) is 7.42. The van der Waals surface area contributed by atoms with Crippen molar-refractivity contribution in [2.45, 2.75) is 39.2 Å². The minimum absolute atomic E-state index is 0.0508. The highest BCUT2D eigenvalue weighted by atomic mass is 16.3. The summed E-state index contributed by atoms with van der Waals surface area (Å²) < 4.78 is 0. The molecule has 0 rings (SSSR count). The molecule has 0 radical (unpaired) electrons. The van der Waals surface area contributed by atoms with Gasteiger partial charge in [0.05, 0.1) is 6.10 Å². The maximum Gasteiger partial charge on any atom is 0.224 e. The van der Waals surface area contributed by atoms with Crippen LogP contribution in [0.4, 0.5) is 0 Å². The van der Waals surface area contributed by atoms with E-state index in [1.165, 1.54) is 0 Å². The van der Waals surface area contributed by atoms with Gasteiger partial charge in [-0.15, -0.1) is 0 Å². The lowest BCUT2D eigenvalue weighted by atomic mass is 10.1. The molecule has 2 unspecified atom stereocenters. The van der Waals surface area contributed by atoms with Crippen molar-refractivity contribution in [1.29, 1.82) is 0 Å². The van der Waals surface area contributed by atoms with Crippen molar-refractivity contribution in [3.8, 4) is 0 Å². The fraction of sp³-hybridized carbons (Fsp3) is 0.900. The molecular weight excluding hydrogens is 180 g/mol. The van der Waals surface area contributed by atoms with E-state index < -0.39 is 6.10 Å². The van der Waals surface area contributed by atoms with Gasteiger partial charge in [0.1, 0.15) is 0 Å². The lowest BCUT2D eigenvalue weighted by Crippen LogP contribution is -2.38. The third kappa shape index (κ3) is 5.19. The van der Waals surface area contributed by atoms with Crippen LogP contribution in [-0.4, -0.2) is 30.2 Å². The third-order valence-electron chi connectivity index (χ3n) is 2.28. The summed E-state index contributed by atoms with van der Waals surface area (Å²) in [6.45, 7) is 4.63. The number of rotatable bonds is 7. The number of nitrogens with one attached hydrogen (secondary N) is 1. The Labute approximate surface area is 85.9 Å². The van der Waals surface area contributed by atoms with Crippen molar-refractivity contribution in [3.63, 3.8) is 0 Å². The maximum atomic E-state index is 11.4. The summed E-state index contributed by atoms with van der Waals surface area (Å²) in [4.78, 5) is 11.4. The molecule has 84 valence electrons. The van der Waals surface area contributed by atoms with Crippen molar-refractivity contribution in [2.24, 2.45) is 11.7 Å². The third-order valence-corrected chi connectivity index (χ3v) is 2.28. The normalized spacial score (nSPS) is 14.9. The Morgan fingerprint density at radius 3 is 2.57 bits per heavy atom. The smallest absolute Gasteiger partial charge is 0.224 e. The molecule has 2 atom stereocenters. The van der Waals surface area contributed by atoms with Crippen LogP contribution in [0.2, 0.25) is 0 Å². The van der Waals surface area contributed by atoms with Crippen molar-refractivity contribution < 1.29 is 9.90 Å². The van der Waals surface area contributed by atoms with Crippen LogP contribution in [0.3, 0.4) is 0 Å². The Bertz CT molecular complexity index is 158. The van der Waals surface area contributed by atoms with Crippen molar-refractivity contribution in [2.75, 3.05) is 13.1 Å². The molecule has 0 spiro atoms. The van der Waals surface area contributed by atoms with Gasteiger partial charge in [0, 0.05) is 19.0 Å². The monoisotopic (exact) mass is 202 g/mol. The van der Waals surface area contributed by atoms with E-state index in [-0.39, 0.29) is 11.8 Å². The highest BCUT2D eigenvalue weighted by Crippen LogP contribution is 2.00. The molecule has 0 heterocycles. The second-order valence-electron chi connectivity index (χ2n) is 3.53. The molecule has 4 heteroatoms. The average molecular weight is 202 g/mol. The standard InChI is InChI=1S/C10H22N2O2/c1-3-5-9(13)7-12-10(14)8(4-2)6-11/h8-9,13H,3-7,11H2,1-2H3,(H,12,14). The zero-order valence-electron chi connectivity index (χ0n) is 9.12. The molecule has 0 saturated carbocycles. The van der Waals surface area contributed by atoms with Crippen molar-refractivity contribution in [3.05, 3.63) is 0 Å². The number of hydrogen-bond acceptors (Lipinski definition) is 3. The molecule has 0 aliphatic heterocycles. The van der Waals surface area contributed by atoms with E-state index in [0.29, 0.717) is 13.1 Å². The van der Waals surface area contributed by atoms with E-state index in [4.69, 9.17) is 5.73 Å². The summed E-state index contributed by atoms with van der Waals surface area (Å²) >= 11 is 0. The first-order valence-corrected chi connectivity index (χ1v) is 5.31. The highest BCUT2D eigenvalue weighted by Gasteiger charge is 2.14. The quantitative estimate of drug-likeness (QED) is 0.554. The molecule has 4 nitrogen and oxygen atoms in total. The van der Waals surface area contributed by atoms with E-state index in [2.05, 4.69) is 5.32 Å². The summed E-state index contributed by atoms with van der Waals surface area (Å²) in [7, 11) is 0. The van der Waals surface area contributed by atoms with Crippen molar-refractivity contribution in [1.82, 2.24) is 5.32 Å². The van der Waals surface area contributed by atoms with Gasteiger partial charge in [-0.1, -0.05) is 20.3 Å². The predicted molar refractivity (Wildman–Crippen MR) is 56.8 cm³/mol. The van der Waals surface area contributed by atoms with Gasteiger partial charge in [-0.05, 0) is 12.8 Å². The number of carbonyl (C=O) groups excluding carboxylic acids is 1. The fourth-order valence-electron chi connectivity index (χ4n) is 1.26. The first-order chi connectivity index (χ1) is 6.65. The lowest BCUT2D eigenvalue weighted by molar-refractivity contribution is -0.125. The topological polar surface area (TPSA) is 75.3 Å². The number of hydrogen-bond donors (Lipinski definition) is 3. The van der Waals surface area contributed by atoms with Gasteiger partial charge in [-0.2, -0.15) is 0 Å². The van der Waals surface area contributed by atoms with E-state index in [1.807, 2.05) is 13.8 Å². The minimum atomic E-state index is -0.431. The Hall–Kier alpha value is -0.610. The fourth-order valence-corrected chi connectivity index (χ4v) is 1.26. The van der Waals surface area contributed by atoms with E-state index in [1.54, 1.807) is 0 Å². The van der Waals surface area contributed by atoms with E-state index in [9.17, 15) is 9.90 Å². The Morgan fingerprint density at radius 2 is 2.14 bits per heavy atom. The Morgan fingerprint density at radius 1 is 1.50 bits per heavy atom. The first kappa shape index (κ1) is 13.4. The molecule has 0 aliphatic carbocycles. The summed E-state index contributed by atoms with van der Waals surface area (Å²) in [5.41, 5.74) is 5.43. The molecular formula is C10H22N2O2. The molecule has 0 aromatic rings. The molecule has 0 aromatic heterocycles. The van der Waals surface area contributed by atoms with Crippen LogP contribution in [0.25, 0.3) is 0 Å². The van der Waals surface area contributed by atoms with Gasteiger partial charge in [0.25, 0.3) is 0 Å². The maximum absolute atomic E-state index is 11.4. The average Bonchev–Trinajstić information content (AvgIpc) is 2.17. The second-order valence-corrected chi connectivity index (χ2v) is 3.53. The van der Waals surface area contributed by atoms with Crippen LogP contribution < -0.4 is 11.1 Å². The lowest BCUT2D eigenvalue weighted by Gasteiger charge is -2.15. The largest absolute Gasteiger partial charge is 0.391 e. The number of carbonyl (C=O) groups is 1. The summed E-state index contributed by atoms with van der Waals surface area (Å²) in [6.07, 6.45) is 1.95. The summed E-state index contributed by atoms with van der Waals surface area (Å²) in [5, 5.41) is 12.1. The Balaban J connectivity index is 3.71. The molecule has 14 heavy (non-hydrogen) atoms. The first-order valence-electron chi connectivity index (χ1n) is 5.31. The summed E-state index contributed by atoms with van der Waals surface area (Å²) in [6, 6.07) is 0. The number of nitrogens with two attached hydrogens (primary N) is 1. The molecule has 0 aliphatic rings. The van der Waals surface area contributed by atoms with Crippen molar-refractivity contribution >= 4 is 5.91 Å². The van der Waals surface area contributed by atoms with E-state index >= 15 is 0 Å². The highest BCUT2D eigenvalue weighted by molar-refractivity contribution is 5.78. The zero-order valence-corrected chi connectivity index (χ0v) is 9.12. The van der Waals surface area contributed by atoms with Gasteiger partial charge < -0.3 is 16.2 Å². The van der Waals surface area contributed by atoms with Crippen LogP contribution in [0.5, 0.6) is 0 Å². The van der Waals surface area contributed by atoms with Crippen LogP contribution >= 0.6 is 0 Å². The molecule has 1 amide bonds.